The third-order valence-electron chi connectivity index (χ3n) is 4.32. The normalized spacial score (nSPS) is 14.6. The Hall–Kier alpha value is -2.48. The van der Waals surface area contributed by atoms with Gasteiger partial charge in [0.05, 0.1) is 0 Å². The van der Waals surface area contributed by atoms with Crippen LogP contribution in [-0.4, -0.2) is 38.8 Å². The maximum atomic E-state index is 12.5. The number of fused-ring (bicyclic) bond motifs is 1. The highest BCUT2D eigenvalue weighted by Gasteiger charge is 2.18. The molecule has 1 saturated heterocycles. The lowest BCUT2D eigenvalue weighted by molar-refractivity contribution is 0.102. The minimum atomic E-state index is -0.223. The van der Waals surface area contributed by atoms with E-state index in [0.717, 1.165) is 24.6 Å². The van der Waals surface area contributed by atoms with Crippen molar-refractivity contribution in [1.29, 1.82) is 0 Å². The summed E-state index contributed by atoms with van der Waals surface area (Å²) in [6.45, 7) is 6.27. The van der Waals surface area contributed by atoms with Gasteiger partial charge in [0.2, 0.25) is 9.97 Å². The second kappa shape index (κ2) is 6.44. The third-order valence-corrected chi connectivity index (χ3v) is 5.22. The summed E-state index contributed by atoms with van der Waals surface area (Å²) in [4.78, 5) is 15.5. The Morgan fingerprint density at radius 2 is 1.88 bits per heavy atom. The summed E-state index contributed by atoms with van der Waals surface area (Å²) in [6.07, 6.45) is 2.50. The first-order chi connectivity index (χ1) is 12.1. The van der Waals surface area contributed by atoms with E-state index in [0.29, 0.717) is 9.97 Å². The SMILES string of the molecule is CC(C)c1nnc2sc(C(=O)Nc3ccc(N4CCCC4)cc3)nn12. The standard InChI is InChI=1S/C17H20N6OS/c1-11(2)14-19-20-17-23(14)21-16(25-17)15(24)18-12-5-7-13(8-6-12)22-9-3-4-10-22/h5-8,11H,3-4,9-10H2,1-2H3,(H,18,24). The second-order valence-electron chi connectivity index (χ2n) is 6.51. The summed E-state index contributed by atoms with van der Waals surface area (Å²) in [5, 5.41) is 15.8. The average Bonchev–Trinajstić information content (AvgIpc) is 3.31. The van der Waals surface area contributed by atoms with E-state index < -0.39 is 0 Å². The summed E-state index contributed by atoms with van der Waals surface area (Å²) in [5.74, 6) is 0.741. The van der Waals surface area contributed by atoms with E-state index in [2.05, 4.69) is 37.6 Å². The summed E-state index contributed by atoms with van der Waals surface area (Å²) in [6, 6.07) is 7.98. The number of nitrogens with one attached hydrogen (secondary N) is 1. The largest absolute Gasteiger partial charge is 0.372 e. The molecule has 25 heavy (non-hydrogen) atoms. The summed E-state index contributed by atoms with van der Waals surface area (Å²) >= 11 is 1.24. The predicted molar refractivity (Wildman–Crippen MR) is 98.6 cm³/mol. The maximum Gasteiger partial charge on any atom is 0.286 e. The number of carbonyl (C=O) groups excluding carboxylic acids is 1. The van der Waals surface area contributed by atoms with Gasteiger partial charge in [0.15, 0.2) is 5.82 Å². The highest BCUT2D eigenvalue weighted by molar-refractivity contribution is 7.18. The molecule has 7 nitrogen and oxygen atoms in total. The fourth-order valence-corrected chi connectivity index (χ4v) is 3.74. The lowest BCUT2D eigenvalue weighted by Crippen LogP contribution is -2.17. The molecule has 1 aliphatic heterocycles. The van der Waals surface area contributed by atoms with E-state index in [4.69, 9.17) is 0 Å². The van der Waals surface area contributed by atoms with Gasteiger partial charge >= 0.3 is 0 Å². The van der Waals surface area contributed by atoms with Crippen molar-refractivity contribution in [3.63, 3.8) is 0 Å². The molecule has 4 rings (SSSR count). The minimum absolute atomic E-state index is 0.200. The van der Waals surface area contributed by atoms with Crippen LogP contribution < -0.4 is 10.2 Å². The van der Waals surface area contributed by atoms with Gasteiger partial charge in [-0.2, -0.15) is 4.52 Å². The molecule has 1 aliphatic rings. The first-order valence-corrected chi connectivity index (χ1v) is 9.32. The molecule has 0 bridgehead atoms. The van der Waals surface area contributed by atoms with E-state index in [1.54, 1.807) is 4.52 Å². The monoisotopic (exact) mass is 356 g/mol. The number of benzene rings is 1. The van der Waals surface area contributed by atoms with Gasteiger partial charge in [-0.3, -0.25) is 4.79 Å². The molecule has 8 heteroatoms. The number of rotatable bonds is 4. The van der Waals surface area contributed by atoms with Crippen molar-refractivity contribution in [3.05, 3.63) is 35.1 Å². The lowest BCUT2D eigenvalue weighted by atomic mass is 10.2. The molecule has 0 aliphatic carbocycles. The second-order valence-corrected chi connectivity index (χ2v) is 7.47. The Morgan fingerprint density at radius 1 is 1.16 bits per heavy atom. The van der Waals surface area contributed by atoms with Gasteiger partial charge in [-0.15, -0.1) is 15.3 Å². The van der Waals surface area contributed by atoms with Crippen molar-refractivity contribution < 1.29 is 4.79 Å². The molecular formula is C17H20N6OS. The number of amides is 1. The third kappa shape index (κ3) is 3.09. The van der Waals surface area contributed by atoms with Gasteiger partial charge < -0.3 is 10.2 Å². The molecule has 130 valence electrons. The predicted octanol–water partition coefficient (Wildman–Crippen LogP) is 3.16. The van der Waals surface area contributed by atoms with Gasteiger partial charge in [-0.25, -0.2) is 0 Å². The molecular weight excluding hydrogens is 336 g/mol. The zero-order valence-electron chi connectivity index (χ0n) is 14.3. The van der Waals surface area contributed by atoms with Crippen molar-refractivity contribution >= 4 is 33.6 Å². The Balaban J connectivity index is 1.49. The van der Waals surface area contributed by atoms with E-state index in [1.165, 1.54) is 29.9 Å². The number of aromatic nitrogens is 4. The molecule has 0 unspecified atom stereocenters. The zero-order chi connectivity index (χ0) is 17.4. The minimum Gasteiger partial charge on any atom is -0.372 e. The van der Waals surface area contributed by atoms with E-state index >= 15 is 0 Å². The Kier molecular flexibility index (Phi) is 4.12. The highest BCUT2D eigenvalue weighted by atomic mass is 32.1. The summed E-state index contributed by atoms with van der Waals surface area (Å²) in [5.41, 5.74) is 1.97. The fourth-order valence-electron chi connectivity index (χ4n) is 3.00. The summed E-state index contributed by atoms with van der Waals surface area (Å²) < 4.78 is 1.65. The lowest BCUT2D eigenvalue weighted by Gasteiger charge is -2.17. The van der Waals surface area contributed by atoms with Crippen LogP contribution in [-0.2, 0) is 0 Å². The first kappa shape index (κ1) is 16.0. The van der Waals surface area contributed by atoms with E-state index in [-0.39, 0.29) is 11.8 Å². The Labute approximate surface area is 149 Å². The molecule has 3 heterocycles. The van der Waals surface area contributed by atoms with Gasteiger partial charge in [0.25, 0.3) is 5.91 Å². The molecule has 0 saturated carbocycles. The molecule has 2 aromatic heterocycles. The van der Waals surface area contributed by atoms with E-state index in [1.807, 2.05) is 26.0 Å². The quantitative estimate of drug-likeness (QED) is 0.777. The Bertz CT molecular complexity index is 892. The van der Waals surface area contributed by atoms with Crippen LogP contribution in [0.3, 0.4) is 0 Å². The fraction of sp³-hybridized carbons (Fsp3) is 0.412. The molecule has 1 fully saturated rings. The first-order valence-electron chi connectivity index (χ1n) is 8.50. The van der Waals surface area contributed by atoms with Crippen molar-refractivity contribution in [2.75, 3.05) is 23.3 Å². The van der Waals surface area contributed by atoms with Crippen LogP contribution in [0.2, 0.25) is 0 Å². The van der Waals surface area contributed by atoms with Gasteiger partial charge in [0.1, 0.15) is 0 Å². The molecule has 1 N–H and O–H groups in total. The Morgan fingerprint density at radius 3 is 2.56 bits per heavy atom. The van der Waals surface area contributed by atoms with Crippen molar-refractivity contribution in [3.8, 4) is 0 Å². The van der Waals surface area contributed by atoms with Crippen molar-refractivity contribution in [1.82, 2.24) is 19.8 Å². The van der Waals surface area contributed by atoms with Crippen LogP contribution in [0.25, 0.3) is 4.96 Å². The van der Waals surface area contributed by atoms with E-state index in [9.17, 15) is 4.79 Å². The molecule has 0 spiro atoms. The van der Waals surface area contributed by atoms with Crippen LogP contribution in [0.5, 0.6) is 0 Å². The van der Waals surface area contributed by atoms with Gasteiger partial charge in [-0.1, -0.05) is 25.2 Å². The summed E-state index contributed by atoms with van der Waals surface area (Å²) in [7, 11) is 0. The molecule has 1 amide bonds. The molecule has 3 aromatic rings. The number of hydrogen-bond donors (Lipinski definition) is 1. The maximum absolute atomic E-state index is 12.5. The number of nitrogens with zero attached hydrogens (tertiary/aromatic N) is 5. The van der Waals surface area contributed by atoms with Crippen LogP contribution in [0.15, 0.2) is 24.3 Å². The van der Waals surface area contributed by atoms with Gasteiger partial charge in [-0.05, 0) is 37.1 Å². The average molecular weight is 356 g/mol. The number of anilines is 2. The number of carbonyl (C=O) groups is 1. The van der Waals surface area contributed by atoms with Gasteiger partial charge in [0, 0.05) is 30.4 Å². The molecule has 0 atom stereocenters. The van der Waals surface area contributed by atoms with Crippen molar-refractivity contribution in [2.45, 2.75) is 32.6 Å². The highest BCUT2D eigenvalue weighted by Crippen LogP contribution is 2.23. The van der Waals surface area contributed by atoms with Crippen LogP contribution >= 0.6 is 11.3 Å². The van der Waals surface area contributed by atoms with Crippen LogP contribution in [0.1, 0.15) is 48.2 Å². The van der Waals surface area contributed by atoms with Crippen molar-refractivity contribution in [2.24, 2.45) is 0 Å². The molecule has 1 aromatic carbocycles. The zero-order valence-corrected chi connectivity index (χ0v) is 15.1. The smallest absolute Gasteiger partial charge is 0.286 e. The molecule has 0 radical (unpaired) electrons. The van der Waals surface area contributed by atoms with Crippen LogP contribution in [0.4, 0.5) is 11.4 Å². The van der Waals surface area contributed by atoms with Crippen LogP contribution in [0, 0.1) is 0 Å². The topological polar surface area (TPSA) is 75.4 Å². The number of hydrogen-bond acceptors (Lipinski definition) is 6.